The minimum atomic E-state index is -0.883. The van der Waals surface area contributed by atoms with Gasteiger partial charge in [0.1, 0.15) is 0 Å². The molecule has 0 radical (unpaired) electrons. The number of hydrogen-bond acceptors (Lipinski definition) is 3. The Morgan fingerprint density at radius 2 is 1.90 bits per heavy atom. The molecular formula is C16H21NO4. The summed E-state index contributed by atoms with van der Waals surface area (Å²) in [5.41, 5.74) is 0.963. The van der Waals surface area contributed by atoms with Crippen LogP contribution < -0.4 is 5.32 Å². The first kappa shape index (κ1) is 15.5. The van der Waals surface area contributed by atoms with Crippen molar-refractivity contribution in [2.75, 3.05) is 19.8 Å². The van der Waals surface area contributed by atoms with Crippen molar-refractivity contribution < 1.29 is 19.4 Å². The Balaban J connectivity index is 1.85. The molecular weight excluding hydrogens is 270 g/mol. The lowest BCUT2D eigenvalue weighted by molar-refractivity contribution is -0.141. The number of aliphatic carboxylic acids is 1. The van der Waals surface area contributed by atoms with Gasteiger partial charge in [-0.25, -0.2) is 0 Å². The lowest BCUT2D eigenvalue weighted by Crippen LogP contribution is -2.39. The van der Waals surface area contributed by atoms with Crippen molar-refractivity contribution in [3.8, 4) is 0 Å². The summed E-state index contributed by atoms with van der Waals surface area (Å²) in [7, 11) is 0. The van der Waals surface area contributed by atoms with Crippen LogP contribution in [0.2, 0.25) is 0 Å². The lowest BCUT2D eigenvalue weighted by atomic mass is 9.97. The summed E-state index contributed by atoms with van der Waals surface area (Å²) < 4.78 is 5.22. The number of carbonyl (C=O) groups is 2. The maximum atomic E-state index is 12.0. The van der Waals surface area contributed by atoms with Gasteiger partial charge in [-0.1, -0.05) is 30.3 Å². The topological polar surface area (TPSA) is 75.6 Å². The van der Waals surface area contributed by atoms with Crippen molar-refractivity contribution in [3.05, 3.63) is 35.9 Å². The van der Waals surface area contributed by atoms with E-state index in [1.54, 1.807) is 0 Å². The van der Waals surface area contributed by atoms with E-state index in [1.165, 1.54) is 0 Å². The molecule has 1 fully saturated rings. The van der Waals surface area contributed by atoms with Crippen LogP contribution in [0.15, 0.2) is 30.3 Å². The van der Waals surface area contributed by atoms with Gasteiger partial charge in [-0.2, -0.15) is 0 Å². The van der Waals surface area contributed by atoms with Gasteiger partial charge in [0.05, 0.1) is 5.92 Å². The van der Waals surface area contributed by atoms with E-state index in [1.807, 2.05) is 30.3 Å². The quantitative estimate of drug-likeness (QED) is 0.832. The molecule has 0 aliphatic carbocycles. The second kappa shape index (κ2) is 7.78. The summed E-state index contributed by atoms with van der Waals surface area (Å²) in [6.07, 6.45) is 1.84. The van der Waals surface area contributed by atoms with Crippen molar-refractivity contribution in [1.82, 2.24) is 5.32 Å². The minimum Gasteiger partial charge on any atom is -0.481 e. The first-order valence-corrected chi connectivity index (χ1v) is 7.29. The van der Waals surface area contributed by atoms with Crippen LogP contribution in [0.4, 0.5) is 0 Å². The molecule has 0 spiro atoms. The van der Waals surface area contributed by atoms with Crippen LogP contribution in [-0.4, -0.2) is 36.7 Å². The van der Waals surface area contributed by atoms with Crippen molar-refractivity contribution in [2.45, 2.75) is 19.3 Å². The van der Waals surface area contributed by atoms with E-state index in [0.717, 1.165) is 5.56 Å². The molecule has 0 saturated carbocycles. The Morgan fingerprint density at radius 3 is 2.52 bits per heavy atom. The second-order valence-electron chi connectivity index (χ2n) is 5.36. The first-order chi connectivity index (χ1) is 10.2. The Bertz CT molecular complexity index is 468. The number of amides is 1. The molecule has 2 N–H and O–H groups in total. The Hall–Kier alpha value is -1.88. The number of rotatable bonds is 6. The summed E-state index contributed by atoms with van der Waals surface area (Å²) in [5, 5.41) is 12.1. The molecule has 1 saturated heterocycles. The summed E-state index contributed by atoms with van der Waals surface area (Å²) >= 11 is 0. The average molecular weight is 291 g/mol. The third-order valence-electron chi connectivity index (χ3n) is 3.79. The maximum Gasteiger partial charge on any atom is 0.308 e. The Morgan fingerprint density at radius 1 is 1.24 bits per heavy atom. The van der Waals surface area contributed by atoms with E-state index in [4.69, 9.17) is 4.74 Å². The molecule has 1 atom stereocenters. The smallest absolute Gasteiger partial charge is 0.308 e. The third kappa shape index (κ3) is 4.86. The molecule has 1 aliphatic rings. The number of carboxylic acid groups (broad SMARTS) is 1. The zero-order chi connectivity index (χ0) is 15.1. The predicted molar refractivity (Wildman–Crippen MR) is 77.8 cm³/mol. The SMILES string of the molecule is O=C(O)C(CNC(=O)C1CCOCC1)Cc1ccccc1. The standard InChI is InChI=1S/C16H21NO4/c18-15(13-6-8-21-9-7-13)17-11-14(16(19)20)10-12-4-2-1-3-5-12/h1-5,13-14H,6-11H2,(H,17,18)(H,19,20). The van der Waals surface area contributed by atoms with Crippen LogP contribution in [0.1, 0.15) is 18.4 Å². The lowest BCUT2D eigenvalue weighted by Gasteiger charge is -2.22. The Kier molecular flexibility index (Phi) is 5.75. The molecule has 21 heavy (non-hydrogen) atoms. The van der Waals surface area contributed by atoms with Crippen molar-refractivity contribution in [3.63, 3.8) is 0 Å². The monoisotopic (exact) mass is 291 g/mol. The Labute approximate surface area is 124 Å². The molecule has 1 unspecified atom stereocenters. The highest BCUT2D eigenvalue weighted by Crippen LogP contribution is 2.15. The molecule has 0 aromatic heterocycles. The number of nitrogens with one attached hydrogen (secondary N) is 1. The zero-order valence-corrected chi connectivity index (χ0v) is 12.0. The maximum absolute atomic E-state index is 12.0. The van der Waals surface area contributed by atoms with E-state index >= 15 is 0 Å². The van der Waals surface area contributed by atoms with Crippen LogP contribution in [-0.2, 0) is 20.7 Å². The number of carbonyl (C=O) groups excluding carboxylic acids is 1. The molecule has 114 valence electrons. The van der Waals surface area contributed by atoms with Gasteiger partial charge < -0.3 is 15.2 Å². The van der Waals surface area contributed by atoms with E-state index in [2.05, 4.69) is 5.32 Å². The van der Waals surface area contributed by atoms with Crippen molar-refractivity contribution in [2.24, 2.45) is 11.8 Å². The largest absolute Gasteiger partial charge is 0.481 e. The summed E-state index contributed by atoms with van der Waals surface area (Å²) in [6.45, 7) is 1.37. The van der Waals surface area contributed by atoms with Crippen molar-refractivity contribution in [1.29, 1.82) is 0 Å². The molecule has 2 rings (SSSR count). The molecule has 1 aliphatic heterocycles. The highest BCUT2D eigenvalue weighted by Gasteiger charge is 2.24. The molecule has 5 nitrogen and oxygen atoms in total. The van der Waals surface area contributed by atoms with E-state index in [0.29, 0.717) is 32.5 Å². The number of carboxylic acids is 1. The van der Waals surface area contributed by atoms with Crippen LogP contribution >= 0.6 is 0 Å². The van der Waals surface area contributed by atoms with Gasteiger partial charge in [0, 0.05) is 25.7 Å². The summed E-state index contributed by atoms with van der Waals surface area (Å²) in [6, 6.07) is 9.46. The fourth-order valence-corrected chi connectivity index (χ4v) is 2.47. The van der Waals surface area contributed by atoms with Crippen LogP contribution in [0.5, 0.6) is 0 Å². The zero-order valence-electron chi connectivity index (χ0n) is 12.0. The first-order valence-electron chi connectivity index (χ1n) is 7.29. The molecule has 5 heteroatoms. The fraction of sp³-hybridized carbons (Fsp3) is 0.500. The van der Waals surface area contributed by atoms with E-state index in [9.17, 15) is 14.7 Å². The second-order valence-corrected chi connectivity index (χ2v) is 5.36. The summed E-state index contributed by atoms with van der Waals surface area (Å²) in [4.78, 5) is 23.3. The minimum absolute atomic E-state index is 0.0510. The van der Waals surface area contributed by atoms with E-state index in [-0.39, 0.29) is 18.4 Å². The molecule has 0 bridgehead atoms. The highest BCUT2D eigenvalue weighted by atomic mass is 16.5. The summed E-state index contributed by atoms with van der Waals surface area (Å²) in [5.74, 6) is -1.59. The van der Waals surface area contributed by atoms with E-state index < -0.39 is 11.9 Å². The van der Waals surface area contributed by atoms with Crippen LogP contribution in [0, 0.1) is 11.8 Å². The normalized spacial score (nSPS) is 17.1. The van der Waals surface area contributed by atoms with Crippen LogP contribution in [0.25, 0.3) is 0 Å². The molecule has 1 heterocycles. The average Bonchev–Trinajstić information content (AvgIpc) is 2.52. The van der Waals surface area contributed by atoms with Gasteiger partial charge in [-0.05, 0) is 24.8 Å². The van der Waals surface area contributed by atoms with Gasteiger partial charge in [-0.15, -0.1) is 0 Å². The molecule has 1 aromatic carbocycles. The van der Waals surface area contributed by atoms with Gasteiger partial charge in [-0.3, -0.25) is 9.59 Å². The van der Waals surface area contributed by atoms with Gasteiger partial charge >= 0.3 is 5.97 Å². The molecule has 1 aromatic rings. The number of ether oxygens (including phenoxy) is 1. The van der Waals surface area contributed by atoms with Gasteiger partial charge in [0.2, 0.25) is 5.91 Å². The third-order valence-corrected chi connectivity index (χ3v) is 3.79. The molecule has 1 amide bonds. The predicted octanol–water partition coefficient (Wildman–Crippen LogP) is 1.47. The van der Waals surface area contributed by atoms with Gasteiger partial charge in [0.15, 0.2) is 0 Å². The number of benzene rings is 1. The fourth-order valence-electron chi connectivity index (χ4n) is 2.47. The number of hydrogen-bond donors (Lipinski definition) is 2. The van der Waals surface area contributed by atoms with Gasteiger partial charge in [0.25, 0.3) is 0 Å². The van der Waals surface area contributed by atoms with Crippen molar-refractivity contribution >= 4 is 11.9 Å². The highest BCUT2D eigenvalue weighted by molar-refractivity contribution is 5.79. The van der Waals surface area contributed by atoms with Crippen LogP contribution in [0.3, 0.4) is 0 Å².